The van der Waals surface area contributed by atoms with Crippen LogP contribution in [-0.4, -0.2) is 8.42 Å². The molecule has 0 amide bonds. The van der Waals surface area contributed by atoms with E-state index in [0.29, 0.717) is 5.56 Å². The molecule has 0 aromatic heterocycles. The minimum Gasteiger partial charge on any atom is -0.225 e. The molecule has 1 rings (SSSR count). The quantitative estimate of drug-likeness (QED) is 0.743. The fourth-order valence-corrected chi connectivity index (χ4v) is 1.79. The molecule has 0 saturated heterocycles. The Morgan fingerprint density at radius 3 is 2.54 bits per heavy atom. The summed E-state index contributed by atoms with van der Waals surface area (Å²) < 4.78 is 22.0. The van der Waals surface area contributed by atoms with Gasteiger partial charge in [-0.3, -0.25) is 0 Å². The minimum atomic E-state index is -3.71. The van der Waals surface area contributed by atoms with E-state index in [9.17, 15) is 8.42 Å². The number of hydrogen-bond acceptors (Lipinski definition) is 3. The van der Waals surface area contributed by atoms with Gasteiger partial charge in [0.15, 0.2) is 0 Å². The van der Waals surface area contributed by atoms with E-state index in [0.717, 1.165) is 0 Å². The predicted molar refractivity (Wildman–Crippen MR) is 47.1 cm³/mol. The summed E-state index contributed by atoms with van der Waals surface area (Å²) in [6, 6.07) is 8.08. The second-order valence-corrected chi connectivity index (χ2v) is 4.02. The largest absolute Gasteiger partial charge is 0.238 e. The van der Waals surface area contributed by atoms with Gasteiger partial charge >= 0.3 is 0 Å². The molecule has 1 aromatic rings. The van der Waals surface area contributed by atoms with E-state index >= 15 is 0 Å². The van der Waals surface area contributed by atoms with E-state index in [1.165, 1.54) is 6.07 Å². The molecule has 0 aliphatic rings. The van der Waals surface area contributed by atoms with E-state index in [1.54, 1.807) is 18.2 Å². The third-order valence-electron chi connectivity index (χ3n) is 1.55. The Morgan fingerprint density at radius 2 is 2.00 bits per heavy atom. The zero-order chi connectivity index (χ0) is 9.90. The first-order valence-electron chi connectivity index (χ1n) is 3.53. The highest BCUT2D eigenvalue weighted by atomic mass is 32.2. The number of sulfonamides is 1. The molecular formula is C8H8N2O2S. The van der Waals surface area contributed by atoms with Gasteiger partial charge in [0, 0.05) is 0 Å². The highest BCUT2D eigenvalue weighted by Gasteiger charge is 2.11. The number of hydrogen-bond donors (Lipinski definition) is 1. The molecular weight excluding hydrogens is 188 g/mol. The van der Waals surface area contributed by atoms with Crippen molar-refractivity contribution in [3.8, 4) is 6.07 Å². The van der Waals surface area contributed by atoms with E-state index in [-0.39, 0.29) is 11.3 Å². The Hall–Kier alpha value is -1.38. The van der Waals surface area contributed by atoms with Gasteiger partial charge in [-0.1, -0.05) is 18.2 Å². The molecule has 0 aliphatic carbocycles. The summed E-state index contributed by atoms with van der Waals surface area (Å²) in [4.78, 5) is 0.0246. The lowest BCUT2D eigenvalue weighted by Crippen LogP contribution is -2.14. The Morgan fingerprint density at radius 1 is 1.38 bits per heavy atom. The SMILES string of the molecule is N#CCc1ccccc1S(N)(=O)=O. The number of nitrogens with two attached hydrogens (primary N) is 1. The van der Waals surface area contributed by atoms with E-state index < -0.39 is 10.0 Å². The van der Waals surface area contributed by atoms with Crippen molar-refractivity contribution in [3.05, 3.63) is 29.8 Å². The van der Waals surface area contributed by atoms with Crippen LogP contribution in [0.1, 0.15) is 5.56 Å². The fourth-order valence-electron chi connectivity index (χ4n) is 1.01. The molecule has 0 bridgehead atoms. The van der Waals surface area contributed by atoms with Crippen molar-refractivity contribution in [1.82, 2.24) is 0 Å². The molecule has 0 atom stereocenters. The van der Waals surface area contributed by atoms with Crippen molar-refractivity contribution < 1.29 is 8.42 Å². The number of benzene rings is 1. The maximum Gasteiger partial charge on any atom is 0.238 e. The maximum atomic E-state index is 11.0. The van der Waals surface area contributed by atoms with Gasteiger partial charge in [0.05, 0.1) is 17.4 Å². The van der Waals surface area contributed by atoms with Crippen LogP contribution in [0.15, 0.2) is 29.2 Å². The highest BCUT2D eigenvalue weighted by Crippen LogP contribution is 2.13. The summed E-state index contributed by atoms with van der Waals surface area (Å²) in [6.45, 7) is 0. The Balaban J connectivity index is 3.30. The van der Waals surface area contributed by atoms with Crippen molar-refractivity contribution in [2.24, 2.45) is 5.14 Å². The summed E-state index contributed by atoms with van der Waals surface area (Å²) in [7, 11) is -3.71. The van der Waals surface area contributed by atoms with Gasteiger partial charge in [-0.25, -0.2) is 13.6 Å². The molecule has 0 unspecified atom stereocenters. The lowest BCUT2D eigenvalue weighted by Gasteiger charge is -2.02. The molecule has 0 radical (unpaired) electrons. The lowest BCUT2D eigenvalue weighted by atomic mass is 10.2. The molecule has 4 nitrogen and oxygen atoms in total. The molecule has 13 heavy (non-hydrogen) atoms. The average Bonchev–Trinajstić information content (AvgIpc) is 2.04. The lowest BCUT2D eigenvalue weighted by molar-refractivity contribution is 0.597. The van der Waals surface area contributed by atoms with E-state index in [2.05, 4.69) is 0 Å². The Labute approximate surface area is 76.7 Å². The maximum absolute atomic E-state index is 11.0. The van der Waals surface area contributed by atoms with Gasteiger partial charge in [-0.05, 0) is 11.6 Å². The second-order valence-electron chi connectivity index (χ2n) is 2.49. The van der Waals surface area contributed by atoms with Crippen molar-refractivity contribution >= 4 is 10.0 Å². The van der Waals surface area contributed by atoms with Crippen LogP contribution in [0.5, 0.6) is 0 Å². The van der Waals surface area contributed by atoms with Crippen molar-refractivity contribution in [2.45, 2.75) is 11.3 Å². The molecule has 0 spiro atoms. The first kappa shape index (κ1) is 9.71. The molecule has 2 N–H and O–H groups in total. The summed E-state index contributed by atoms with van der Waals surface area (Å²) >= 11 is 0. The topological polar surface area (TPSA) is 83.9 Å². The zero-order valence-electron chi connectivity index (χ0n) is 6.77. The van der Waals surface area contributed by atoms with Crippen molar-refractivity contribution in [1.29, 1.82) is 5.26 Å². The highest BCUT2D eigenvalue weighted by molar-refractivity contribution is 7.89. The summed E-state index contributed by atoms with van der Waals surface area (Å²) in [5.41, 5.74) is 0.438. The monoisotopic (exact) mass is 196 g/mol. The van der Waals surface area contributed by atoms with Crippen LogP contribution in [-0.2, 0) is 16.4 Å². The van der Waals surface area contributed by atoms with Crippen LogP contribution < -0.4 is 5.14 Å². The average molecular weight is 196 g/mol. The molecule has 68 valence electrons. The van der Waals surface area contributed by atoms with Gasteiger partial charge in [0.1, 0.15) is 0 Å². The third kappa shape index (κ3) is 2.28. The van der Waals surface area contributed by atoms with Crippen molar-refractivity contribution in [2.75, 3.05) is 0 Å². The first-order valence-corrected chi connectivity index (χ1v) is 5.08. The first-order chi connectivity index (χ1) is 6.05. The van der Waals surface area contributed by atoms with Crippen LogP contribution in [0.4, 0.5) is 0 Å². The fraction of sp³-hybridized carbons (Fsp3) is 0.125. The third-order valence-corrected chi connectivity index (χ3v) is 2.56. The van der Waals surface area contributed by atoms with Crippen molar-refractivity contribution in [3.63, 3.8) is 0 Å². The van der Waals surface area contributed by atoms with Gasteiger partial charge < -0.3 is 0 Å². The van der Waals surface area contributed by atoms with E-state index in [1.807, 2.05) is 6.07 Å². The van der Waals surface area contributed by atoms with Crippen LogP contribution in [0.2, 0.25) is 0 Å². The second kappa shape index (κ2) is 3.56. The van der Waals surface area contributed by atoms with Gasteiger partial charge in [0.2, 0.25) is 10.0 Å². The molecule has 0 saturated carbocycles. The standard InChI is InChI=1S/C8H8N2O2S/c9-6-5-7-3-1-2-4-8(7)13(10,11)12/h1-4H,5H2,(H2,10,11,12). The smallest absolute Gasteiger partial charge is 0.225 e. The molecule has 0 heterocycles. The van der Waals surface area contributed by atoms with Gasteiger partial charge in [-0.2, -0.15) is 5.26 Å². The summed E-state index contributed by atoms with van der Waals surface area (Å²) in [5.74, 6) is 0. The summed E-state index contributed by atoms with van der Waals surface area (Å²) in [5, 5.41) is 13.4. The normalized spacial score (nSPS) is 10.8. The minimum absolute atomic E-state index is 0.0246. The van der Waals surface area contributed by atoms with Crippen LogP contribution >= 0.6 is 0 Å². The summed E-state index contributed by atoms with van der Waals surface area (Å²) in [6.07, 6.45) is 0.0482. The number of nitriles is 1. The Bertz CT molecular complexity index is 445. The molecule has 1 aromatic carbocycles. The van der Waals surface area contributed by atoms with E-state index in [4.69, 9.17) is 10.4 Å². The number of rotatable bonds is 2. The zero-order valence-corrected chi connectivity index (χ0v) is 7.58. The van der Waals surface area contributed by atoms with Crippen LogP contribution in [0.3, 0.4) is 0 Å². The Kier molecular flexibility index (Phi) is 2.66. The molecule has 5 heteroatoms. The van der Waals surface area contributed by atoms with Gasteiger partial charge in [-0.15, -0.1) is 0 Å². The number of nitrogens with zero attached hydrogens (tertiary/aromatic N) is 1. The predicted octanol–water partition coefficient (Wildman–Crippen LogP) is 0.400. The van der Waals surface area contributed by atoms with Crippen LogP contribution in [0.25, 0.3) is 0 Å². The molecule has 0 fully saturated rings. The van der Waals surface area contributed by atoms with Crippen LogP contribution in [0, 0.1) is 11.3 Å². The number of primary sulfonamides is 1. The molecule has 0 aliphatic heterocycles. The van der Waals surface area contributed by atoms with Gasteiger partial charge in [0.25, 0.3) is 0 Å².